The summed E-state index contributed by atoms with van der Waals surface area (Å²) in [4.78, 5) is 16.1. The lowest BCUT2D eigenvalue weighted by Gasteiger charge is -2.36. The minimum Gasteiger partial charge on any atom is -0.410 e. The van der Waals surface area contributed by atoms with E-state index >= 15 is 0 Å². The Bertz CT molecular complexity index is 384. The van der Waals surface area contributed by atoms with Crippen molar-refractivity contribution in [3.8, 4) is 5.75 Å². The highest BCUT2D eigenvalue weighted by Crippen LogP contribution is 2.12. The monoisotopic (exact) mass is 248 g/mol. The molecule has 1 heterocycles. The van der Waals surface area contributed by atoms with Crippen LogP contribution in [0, 0.1) is 0 Å². The van der Waals surface area contributed by atoms with E-state index in [0.29, 0.717) is 11.8 Å². The van der Waals surface area contributed by atoms with E-state index in [0.717, 1.165) is 26.2 Å². The van der Waals surface area contributed by atoms with E-state index in [1.807, 2.05) is 18.2 Å². The van der Waals surface area contributed by atoms with Crippen molar-refractivity contribution >= 4 is 6.09 Å². The summed E-state index contributed by atoms with van der Waals surface area (Å²) in [5, 5.41) is 0. The van der Waals surface area contributed by atoms with Crippen molar-refractivity contribution in [3.05, 3.63) is 30.3 Å². The van der Waals surface area contributed by atoms with Gasteiger partial charge in [-0.1, -0.05) is 18.2 Å². The van der Waals surface area contributed by atoms with E-state index in [2.05, 4.69) is 18.7 Å². The molecular formula is C14H20N2O2. The zero-order valence-corrected chi connectivity index (χ0v) is 11.0. The number of hydrogen-bond acceptors (Lipinski definition) is 3. The van der Waals surface area contributed by atoms with Crippen LogP contribution >= 0.6 is 0 Å². The number of ether oxygens (including phenoxy) is 1. The van der Waals surface area contributed by atoms with Crippen molar-refractivity contribution in [2.24, 2.45) is 0 Å². The molecule has 0 saturated carbocycles. The molecule has 0 atom stereocenters. The molecule has 4 heteroatoms. The van der Waals surface area contributed by atoms with Gasteiger partial charge in [0.1, 0.15) is 5.75 Å². The van der Waals surface area contributed by atoms with Gasteiger partial charge in [-0.25, -0.2) is 4.79 Å². The Morgan fingerprint density at radius 1 is 1.11 bits per heavy atom. The Kier molecular flexibility index (Phi) is 4.20. The van der Waals surface area contributed by atoms with Crippen LogP contribution in [0.25, 0.3) is 0 Å². The van der Waals surface area contributed by atoms with Crippen LogP contribution in [0.1, 0.15) is 13.8 Å². The van der Waals surface area contributed by atoms with Gasteiger partial charge in [-0.3, -0.25) is 4.90 Å². The Labute approximate surface area is 108 Å². The summed E-state index contributed by atoms with van der Waals surface area (Å²) in [5.74, 6) is 0.605. The molecule has 0 aromatic heterocycles. The quantitative estimate of drug-likeness (QED) is 0.804. The van der Waals surface area contributed by atoms with Crippen LogP contribution in [0.3, 0.4) is 0 Å². The van der Waals surface area contributed by atoms with Crippen molar-refractivity contribution in [2.75, 3.05) is 26.2 Å². The molecular weight excluding hydrogens is 228 g/mol. The first-order valence-electron chi connectivity index (χ1n) is 6.42. The van der Waals surface area contributed by atoms with Crippen molar-refractivity contribution in [2.45, 2.75) is 19.9 Å². The number of hydrogen-bond donors (Lipinski definition) is 0. The van der Waals surface area contributed by atoms with Gasteiger partial charge in [0.05, 0.1) is 0 Å². The predicted octanol–water partition coefficient (Wildman–Crippen LogP) is 2.21. The largest absolute Gasteiger partial charge is 0.415 e. The minimum absolute atomic E-state index is 0.246. The van der Waals surface area contributed by atoms with Gasteiger partial charge in [0.2, 0.25) is 0 Å². The molecule has 1 aromatic carbocycles. The summed E-state index contributed by atoms with van der Waals surface area (Å²) in [7, 11) is 0. The number of carbonyl (C=O) groups excluding carboxylic acids is 1. The topological polar surface area (TPSA) is 32.8 Å². The van der Waals surface area contributed by atoms with E-state index in [-0.39, 0.29) is 6.09 Å². The van der Waals surface area contributed by atoms with Gasteiger partial charge in [-0.05, 0) is 26.0 Å². The first-order chi connectivity index (χ1) is 8.66. The number of nitrogens with zero attached hydrogens (tertiary/aromatic N) is 2. The maximum atomic E-state index is 11.9. The minimum atomic E-state index is -0.246. The number of carbonyl (C=O) groups is 1. The van der Waals surface area contributed by atoms with Gasteiger partial charge in [-0.15, -0.1) is 0 Å². The average Bonchev–Trinajstić information content (AvgIpc) is 2.40. The van der Waals surface area contributed by atoms with E-state index < -0.39 is 0 Å². The molecule has 1 aliphatic rings. The molecule has 1 saturated heterocycles. The van der Waals surface area contributed by atoms with Crippen LogP contribution in [0.4, 0.5) is 4.79 Å². The van der Waals surface area contributed by atoms with Crippen LogP contribution < -0.4 is 4.74 Å². The molecule has 0 N–H and O–H groups in total. The lowest BCUT2D eigenvalue weighted by molar-refractivity contribution is 0.0969. The van der Waals surface area contributed by atoms with Crippen molar-refractivity contribution < 1.29 is 9.53 Å². The summed E-state index contributed by atoms with van der Waals surface area (Å²) >= 11 is 0. The van der Waals surface area contributed by atoms with Crippen LogP contribution in [0.5, 0.6) is 5.75 Å². The fourth-order valence-electron chi connectivity index (χ4n) is 2.07. The van der Waals surface area contributed by atoms with Gasteiger partial charge in [0.25, 0.3) is 0 Å². The van der Waals surface area contributed by atoms with Gasteiger partial charge in [-0.2, -0.15) is 0 Å². The molecule has 0 spiro atoms. The highest BCUT2D eigenvalue weighted by molar-refractivity contribution is 5.70. The summed E-state index contributed by atoms with van der Waals surface area (Å²) in [5.41, 5.74) is 0. The molecule has 0 unspecified atom stereocenters. The van der Waals surface area contributed by atoms with Crippen LogP contribution in [0.15, 0.2) is 30.3 Å². The number of piperazine rings is 1. The third-order valence-corrected chi connectivity index (χ3v) is 3.25. The maximum absolute atomic E-state index is 11.9. The molecule has 0 bridgehead atoms. The molecule has 98 valence electrons. The second-order valence-electron chi connectivity index (χ2n) is 4.80. The van der Waals surface area contributed by atoms with E-state index in [1.54, 1.807) is 17.0 Å². The number of benzene rings is 1. The van der Waals surface area contributed by atoms with Gasteiger partial charge >= 0.3 is 6.09 Å². The fraction of sp³-hybridized carbons (Fsp3) is 0.500. The Morgan fingerprint density at radius 2 is 1.72 bits per heavy atom. The summed E-state index contributed by atoms with van der Waals surface area (Å²) in [6.45, 7) is 7.67. The molecule has 0 radical (unpaired) electrons. The molecule has 18 heavy (non-hydrogen) atoms. The lowest BCUT2D eigenvalue weighted by Crippen LogP contribution is -2.51. The number of para-hydroxylation sites is 1. The summed E-state index contributed by atoms with van der Waals surface area (Å²) < 4.78 is 5.32. The summed E-state index contributed by atoms with van der Waals surface area (Å²) in [6.07, 6.45) is -0.246. The SMILES string of the molecule is CC(C)N1CCN(C(=O)Oc2ccccc2)CC1. The first-order valence-corrected chi connectivity index (χ1v) is 6.42. The molecule has 0 aliphatic carbocycles. The van der Waals surface area contributed by atoms with Crippen molar-refractivity contribution in [3.63, 3.8) is 0 Å². The van der Waals surface area contributed by atoms with Crippen molar-refractivity contribution in [1.82, 2.24) is 9.80 Å². The third-order valence-electron chi connectivity index (χ3n) is 3.25. The van der Waals surface area contributed by atoms with E-state index in [1.165, 1.54) is 0 Å². The van der Waals surface area contributed by atoms with Crippen LogP contribution in [0.2, 0.25) is 0 Å². The van der Waals surface area contributed by atoms with Gasteiger partial charge < -0.3 is 9.64 Å². The number of amides is 1. The maximum Gasteiger partial charge on any atom is 0.415 e. The second kappa shape index (κ2) is 5.87. The molecule has 2 rings (SSSR count). The van der Waals surface area contributed by atoms with E-state index in [4.69, 9.17) is 4.74 Å². The van der Waals surface area contributed by atoms with Crippen LogP contribution in [-0.2, 0) is 0 Å². The molecule has 1 aromatic rings. The van der Waals surface area contributed by atoms with E-state index in [9.17, 15) is 4.79 Å². The van der Waals surface area contributed by atoms with Crippen molar-refractivity contribution in [1.29, 1.82) is 0 Å². The summed E-state index contributed by atoms with van der Waals surface area (Å²) in [6, 6.07) is 9.75. The smallest absolute Gasteiger partial charge is 0.410 e. The average molecular weight is 248 g/mol. The predicted molar refractivity (Wildman–Crippen MR) is 70.7 cm³/mol. The zero-order chi connectivity index (χ0) is 13.0. The molecule has 1 fully saturated rings. The third kappa shape index (κ3) is 3.23. The fourth-order valence-corrected chi connectivity index (χ4v) is 2.07. The second-order valence-corrected chi connectivity index (χ2v) is 4.80. The first kappa shape index (κ1) is 12.9. The highest BCUT2D eigenvalue weighted by atomic mass is 16.6. The van der Waals surface area contributed by atoms with Gasteiger partial charge in [0.15, 0.2) is 0 Å². The number of rotatable bonds is 2. The molecule has 1 amide bonds. The lowest BCUT2D eigenvalue weighted by atomic mass is 10.2. The molecule has 4 nitrogen and oxygen atoms in total. The Balaban J connectivity index is 1.85. The standard InChI is InChI=1S/C14H20N2O2/c1-12(2)15-8-10-16(11-9-15)14(17)18-13-6-4-3-5-7-13/h3-7,12H,8-11H2,1-2H3. The molecule has 1 aliphatic heterocycles. The zero-order valence-electron chi connectivity index (χ0n) is 11.0. The normalized spacial score (nSPS) is 16.9. The van der Waals surface area contributed by atoms with Crippen LogP contribution in [-0.4, -0.2) is 48.1 Å². The Hall–Kier alpha value is -1.55. The highest BCUT2D eigenvalue weighted by Gasteiger charge is 2.23. The van der Waals surface area contributed by atoms with Gasteiger partial charge in [0, 0.05) is 32.2 Å². The Morgan fingerprint density at radius 3 is 2.28 bits per heavy atom.